The minimum atomic E-state index is -0.780. The number of nitrogens with one attached hydrogen (secondary N) is 1. The van der Waals surface area contributed by atoms with Crippen molar-refractivity contribution in [3.05, 3.63) is 106 Å². The highest BCUT2D eigenvalue weighted by molar-refractivity contribution is 5.88. The van der Waals surface area contributed by atoms with Crippen LogP contribution in [0.4, 0.5) is 10.5 Å². The fourth-order valence-electron chi connectivity index (χ4n) is 4.78. The number of amides is 2. The number of carbonyl (C=O) groups is 2. The Morgan fingerprint density at radius 2 is 1.54 bits per heavy atom. The van der Waals surface area contributed by atoms with Crippen LogP contribution in [-0.2, 0) is 16.0 Å². The van der Waals surface area contributed by atoms with Crippen molar-refractivity contribution in [2.75, 3.05) is 27.7 Å². The second-order valence-electron chi connectivity index (χ2n) is 9.95. The normalized spacial score (nSPS) is 14.2. The largest absolute Gasteiger partial charge is 0.448 e. The molecule has 3 aromatic carbocycles. The standard InChI is InChI=1S/C31H31N5O3/c1-20-17-28(20)32-30(37)29(18-21-13-15-22(16-14-21)33-34-35(2)3)36(4)31(38)39-19-27-25-11-7-5-9-23(25)24-10-6-8-12-26(24)27/h5-16,27,29H,18-19H2,1-4H3,(H,32,37)/t29-/m1/s1. The van der Waals surface area contributed by atoms with E-state index in [0.717, 1.165) is 33.4 Å². The topological polar surface area (TPSA) is 86.6 Å². The zero-order valence-corrected chi connectivity index (χ0v) is 22.5. The molecule has 3 aromatic rings. The van der Waals surface area contributed by atoms with Gasteiger partial charge in [-0.2, -0.15) is 0 Å². The maximum atomic E-state index is 13.3. The average Bonchev–Trinajstić information content (AvgIpc) is 3.54. The van der Waals surface area contributed by atoms with Gasteiger partial charge in [0, 0.05) is 39.1 Å². The molecule has 1 N–H and O–H groups in total. The minimum Gasteiger partial charge on any atom is -0.448 e. The van der Waals surface area contributed by atoms with Crippen molar-refractivity contribution in [2.45, 2.75) is 25.3 Å². The van der Waals surface area contributed by atoms with Crippen LogP contribution in [0.15, 0.2) is 100 Å². The van der Waals surface area contributed by atoms with Gasteiger partial charge in [-0.1, -0.05) is 71.6 Å². The molecular formula is C31H31N5O3. The van der Waals surface area contributed by atoms with Crippen molar-refractivity contribution in [2.24, 2.45) is 10.3 Å². The molecule has 0 spiro atoms. The van der Waals surface area contributed by atoms with Gasteiger partial charge in [-0.15, -0.1) is 5.11 Å². The van der Waals surface area contributed by atoms with Crippen LogP contribution in [-0.4, -0.2) is 55.7 Å². The molecule has 2 amide bonds. The molecular weight excluding hydrogens is 490 g/mol. The summed E-state index contributed by atoms with van der Waals surface area (Å²) in [6.45, 7) is 2.06. The van der Waals surface area contributed by atoms with Gasteiger partial charge >= 0.3 is 6.09 Å². The summed E-state index contributed by atoms with van der Waals surface area (Å²) >= 11 is 0. The van der Waals surface area contributed by atoms with E-state index in [4.69, 9.17) is 4.74 Å². The number of rotatable bonds is 9. The Morgan fingerprint density at radius 3 is 2.10 bits per heavy atom. The van der Waals surface area contributed by atoms with Crippen LogP contribution >= 0.6 is 0 Å². The second kappa shape index (κ2) is 11.0. The van der Waals surface area contributed by atoms with Crippen LogP contribution in [0, 0.1) is 0 Å². The Labute approximate surface area is 228 Å². The number of hydrogen-bond donors (Lipinski definition) is 1. The molecule has 198 valence electrons. The van der Waals surface area contributed by atoms with Crippen LogP contribution in [0.25, 0.3) is 11.1 Å². The lowest BCUT2D eigenvalue weighted by atomic mass is 9.98. The molecule has 0 radical (unpaired) electrons. The predicted octanol–water partition coefficient (Wildman–Crippen LogP) is 5.60. The van der Waals surface area contributed by atoms with Gasteiger partial charge in [0.2, 0.25) is 5.91 Å². The van der Waals surface area contributed by atoms with Gasteiger partial charge in [0.1, 0.15) is 12.6 Å². The zero-order chi connectivity index (χ0) is 27.5. The summed E-state index contributed by atoms with van der Waals surface area (Å²) in [5.74, 6) is -0.351. The minimum absolute atomic E-state index is 0.0608. The molecule has 0 aliphatic heterocycles. The van der Waals surface area contributed by atoms with E-state index >= 15 is 0 Å². The van der Waals surface area contributed by atoms with Crippen molar-refractivity contribution in [3.8, 4) is 11.1 Å². The van der Waals surface area contributed by atoms with Gasteiger partial charge in [0.15, 0.2) is 0 Å². The average molecular weight is 522 g/mol. The Kier molecular flexibility index (Phi) is 7.30. The molecule has 2 aliphatic carbocycles. The first-order valence-corrected chi connectivity index (χ1v) is 12.9. The lowest BCUT2D eigenvalue weighted by Gasteiger charge is -2.27. The van der Waals surface area contributed by atoms with Crippen LogP contribution < -0.4 is 5.32 Å². The number of benzene rings is 3. The van der Waals surface area contributed by atoms with E-state index in [-0.39, 0.29) is 18.4 Å². The summed E-state index contributed by atoms with van der Waals surface area (Å²) < 4.78 is 5.83. The molecule has 0 saturated heterocycles. The highest BCUT2D eigenvalue weighted by Gasteiger charge is 2.33. The summed E-state index contributed by atoms with van der Waals surface area (Å²) in [5.41, 5.74) is 10.7. The Bertz CT molecular complexity index is 1460. The summed E-state index contributed by atoms with van der Waals surface area (Å²) in [4.78, 5) is 27.9. The first-order valence-electron chi connectivity index (χ1n) is 12.9. The summed E-state index contributed by atoms with van der Waals surface area (Å²) in [6.07, 6.45) is -0.243. The lowest BCUT2D eigenvalue weighted by molar-refractivity contribution is -0.124. The molecule has 0 fully saturated rings. The highest BCUT2D eigenvalue weighted by atomic mass is 16.6. The van der Waals surface area contributed by atoms with Gasteiger partial charge in [-0.3, -0.25) is 14.7 Å². The highest BCUT2D eigenvalue weighted by Crippen LogP contribution is 2.44. The number of ether oxygens (including phenoxy) is 1. The molecule has 8 nitrogen and oxygen atoms in total. The van der Waals surface area contributed by atoms with Gasteiger partial charge in [0.05, 0.1) is 11.4 Å². The van der Waals surface area contributed by atoms with Gasteiger partial charge in [-0.05, 0) is 46.9 Å². The van der Waals surface area contributed by atoms with E-state index in [1.807, 2.05) is 55.5 Å². The van der Waals surface area contributed by atoms with Gasteiger partial charge in [-0.25, -0.2) is 4.79 Å². The molecule has 0 bridgehead atoms. The van der Waals surface area contributed by atoms with E-state index < -0.39 is 12.1 Å². The van der Waals surface area contributed by atoms with Gasteiger partial charge < -0.3 is 10.1 Å². The molecule has 5 rings (SSSR count). The zero-order valence-electron chi connectivity index (χ0n) is 22.5. The predicted molar refractivity (Wildman–Crippen MR) is 149 cm³/mol. The summed E-state index contributed by atoms with van der Waals surface area (Å²) in [6, 6.07) is 23.0. The Hall–Kier alpha value is -4.68. The number of nitrogens with zero attached hydrogens (tertiary/aromatic N) is 4. The fourth-order valence-corrected chi connectivity index (χ4v) is 4.78. The van der Waals surface area contributed by atoms with E-state index in [2.05, 4.69) is 45.7 Å². The third kappa shape index (κ3) is 5.76. The van der Waals surface area contributed by atoms with Crippen LogP contribution in [0.3, 0.4) is 0 Å². The van der Waals surface area contributed by atoms with Crippen molar-refractivity contribution in [1.29, 1.82) is 0 Å². The molecule has 39 heavy (non-hydrogen) atoms. The molecule has 0 aromatic heterocycles. The van der Waals surface area contributed by atoms with Crippen LogP contribution in [0.5, 0.6) is 0 Å². The van der Waals surface area contributed by atoms with Crippen molar-refractivity contribution in [3.63, 3.8) is 0 Å². The number of hydrogen-bond acceptors (Lipinski definition) is 5. The van der Waals surface area contributed by atoms with E-state index in [0.29, 0.717) is 17.8 Å². The third-order valence-electron chi connectivity index (χ3n) is 6.97. The lowest BCUT2D eigenvalue weighted by Crippen LogP contribution is -2.48. The summed E-state index contributed by atoms with van der Waals surface area (Å²) in [7, 11) is 5.20. The molecule has 0 saturated carbocycles. The van der Waals surface area contributed by atoms with E-state index in [1.54, 1.807) is 26.2 Å². The number of likely N-dealkylation sites (N-methyl/N-ethyl adjacent to an activating group) is 1. The van der Waals surface area contributed by atoms with E-state index in [9.17, 15) is 9.59 Å². The Morgan fingerprint density at radius 1 is 0.949 bits per heavy atom. The number of carbonyl (C=O) groups excluding carboxylic acids is 2. The second-order valence-corrected chi connectivity index (χ2v) is 9.95. The smallest absolute Gasteiger partial charge is 0.410 e. The third-order valence-corrected chi connectivity index (χ3v) is 6.97. The van der Waals surface area contributed by atoms with Crippen LogP contribution in [0.2, 0.25) is 0 Å². The molecule has 2 aliphatic rings. The molecule has 1 atom stereocenters. The summed E-state index contributed by atoms with van der Waals surface area (Å²) in [5, 5.41) is 12.6. The number of fused-ring (bicyclic) bond motifs is 3. The maximum absolute atomic E-state index is 13.3. The van der Waals surface area contributed by atoms with Crippen LogP contribution in [0.1, 0.15) is 29.5 Å². The van der Waals surface area contributed by atoms with Crippen molar-refractivity contribution in [1.82, 2.24) is 15.2 Å². The first kappa shape index (κ1) is 25.9. The maximum Gasteiger partial charge on any atom is 0.410 e. The van der Waals surface area contributed by atoms with Crippen molar-refractivity contribution < 1.29 is 14.3 Å². The fraction of sp³-hybridized carbons (Fsp3) is 0.258. The quantitative estimate of drug-likeness (QED) is 0.226. The molecule has 0 heterocycles. The van der Waals surface area contributed by atoms with Crippen molar-refractivity contribution >= 4 is 17.7 Å². The first-order chi connectivity index (χ1) is 18.8. The Balaban J connectivity index is 1.30. The van der Waals surface area contributed by atoms with Gasteiger partial charge in [0.25, 0.3) is 0 Å². The molecule has 8 heteroatoms. The monoisotopic (exact) mass is 521 g/mol. The molecule has 0 unspecified atom stereocenters. The van der Waals surface area contributed by atoms with E-state index in [1.165, 1.54) is 4.90 Å². The SMILES string of the molecule is CC1=C=C1NC(=O)[C@@H](Cc1ccc(N=NN(C)C)cc1)N(C)C(=O)OCC1c2ccccc2-c2ccccc21.